The maximum Gasteiger partial charge on any atom is 0.0244 e. The van der Waals surface area contributed by atoms with Crippen LogP contribution in [0.2, 0.25) is 0 Å². The van der Waals surface area contributed by atoms with Gasteiger partial charge in [0.2, 0.25) is 0 Å². The van der Waals surface area contributed by atoms with Crippen molar-refractivity contribution in [2.24, 2.45) is 17.8 Å². The summed E-state index contributed by atoms with van der Waals surface area (Å²) >= 11 is 2.15. The Morgan fingerprint density at radius 3 is 2.68 bits per heavy atom. The van der Waals surface area contributed by atoms with Crippen LogP contribution in [0.3, 0.4) is 0 Å². The number of hydrogen-bond acceptors (Lipinski definition) is 3. The molecule has 0 aromatic carbocycles. The van der Waals surface area contributed by atoms with E-state index in [-0.39, 0.29) is 0 Å². The van der Waals surface area contributed by atoms with Crippen LogP contribution in [0.25, 0.3) is 0 Å². The van der Waals surface area contributed by atoms with Crippen LogP contribution in [0.15, 0.2) is 0 Å². The van der Waals surface area contributed by atoms with Crippen molar-refractivity contribution in [1.82, 2.24) is 10.2 Å². The van der Waals surface area contributed by atoms with Crippen molar-refractivity contribution in [3.8, 4) is 0 Å². The first-order valence-electron chi connectivity index (χ1n) is 8.17. The van der Waals surface area contributed by atoms with E-state index in [1.807, 2.05) is 0 Å². The summed E-state index contributed by atoms with van der Waals surface area (Å²) in [6.07, 6.45) is 2.73. The Labute approximate surface area is 124 Å². The van der Waals surface area contributed by atoms with Crippen LogP contribution >= 0.6 is 11.8 Å². The van der Waals surface area contributed by atoms with Crippen LogP contribution in [-0.4, -0.2) is 48.1 Å². The highest BCUT2D eigenvalue weighted by Gasteiger charge is 2.33. The van der Waals surface area contributed by atoms with E-state index in [1.165, 1.54) is 44.0 Å². The first kappa shape index (κ1) is 15.7. The molecular formula is C16H32N2S. The normalized spacial score (nSPS) is 34.9. The van der Waals surface area contributed by atoms with E-state index < -0.39 is 0 Å². The minimum atomic E-state index is 0.703. The van der Waals surface area contributed by atoms with Crippen molar-refractivity contribution < 1.29 is 0 Å². The Morgan fingerprint density at radius 2 is 2.11 bits per heavy atom. The predicted molar refractivity (Wildman–Crippen MR) is 86.9 cm³/mol. The zero-order chi connectivity index (χ0) is 13.8. The maximum atomic E-state index is 3.81. The summed E-state index contributed by atoms with van der Waals surface area (Å²) in [7, 11) is 0. The monoisotopic (exact) mass is 284 g/mol. The number of hydrogen-bond donors (Lipinski definition) is 1. The number of nitrogens with one attached hydrogen (secondary N) is 1. The van der Waals surface area contributed by atoms with Crippen LogP contribution < -0.4 is 5.32 Å². The van der Waals surface area contributed by atoms with Gasteiger partial charge in [0.1, 0.15) is 0 Å². The van der Waals surface area contributed by atoms with Gasteiger partial charge in [0.25, 0.3) is 0 Å². The molecular weight excluding hydrogens is 252 g/mol. The second-order valence-electron chi connectivity index (χ2n) is 6.90. The van der Waals surface area contributed by atoms with E-state index >= 15 is 0 Å². The highest BCUT2D eigenvalue weighted by atomic mass is 32.2. The van der Waals surface area contributed by atoms with Gasteiger partial charge < -0.3 is 5.32 Å². The molecule has 3 heteroatoms. The van der Waals surface area contributed by atoms with Gasteiger partial charge >= 0.3 is 0 Å². The van der Waals surface area contributed by atoms with Gasteiger partial charge in [0.15, 0.2) is 0 Å². The van der Waals surface area contributed by atoms with Crippen molar-refractivity contribution in [3.63, 3.8) is 0 Å². The molecule has 1 N–H and O–H groups in total. The van der Waals surface area contributed by atoms with E-state index in [0.717, 1.165) is 23.8 Å². The van der Waals surface area contributed by atoms with Gasteiger partial charge in [-0.3, -0.25) is 4.90 Å². The summed E-state index contributed by atoms with van der Waals surface area (Å²) in [5.74, 6) is 5.29. The molecule has 4 unspecified atom stereocenters. The van der Waals surface area contributed by atoms with Gasteiger partial charge in [0, 0.05) is 31.7 Å². The molecule has 2 aliphatic rings. The molecule has 0 radical (unpaired) electrons. The number of rotatable bonds is 5. The third kappa shape index (κ3) is 4.12. The molecule has 4 atom stereocenters. The van der Waals surface area contributed by atoms with Crippen LogP contribution in [0, 0.1) is 17.8 Å². The quantitative estimate of drug-likeness (QED) is 0.835. The predicted octanol–water partition coefficient (Wildman–Crippen LogP) is 3.08. The summed E-state index contributed by atoms with van der Waals surface area (Å²) < 4.78 is 0. The van der Waals surface area contributed by atoms with Crippen molar-refractivity contribution in [2.75, 3.05) is 31.1 Å². The Bertz CT molecular complexity index is 263. The average molecular weight is 285 g/mol. The van der Waals surface area contributed by atoms with Gasteiger partial charge in [-0.2, -0.15) is 11.8 Å². The van der Waals surface area contributed by atoms with Crippen molar-refractivity contribution in [3.05, 3.63) is 0 Å². The fraction of sp³-hybridized carbons (Fsp3) is 1.00. The molecule has 2 nitrogen and oxygen atoms in total. The highest BCUT2D eigenvalue weighted by molar-refractivity contribution is 7.99. The molecule has 2 saturated heterocycles. The van der Waals surface area contributed by atoms with Gasteiger partial charge in [-0.05, 0) is 35.7 Å². The topological polar surface area (TPSA) is 15.3 Å². The van der Waals surface area contributed by atoms with E-state index in [2.05, 4.69) is 49.7 Å². The first-order chi connectivity index (χ1) is 9.11. The standard InChI is InChI=1S/C16H32N2S/c1-5-13(4)15-10-18(9-14-6-7-19-11-14)16(8-17-15)12(2)3/h12-17H,5-11H2,1-4H3. The molecule has 0 aromatic rings. The van der Waals surface area contributed by atoms with E-state index in [4.69, 9.17) is 0 Å². The summed E-state index contributed by atoms with van der Waals surface area (Å²) in [5, 5.41) is 3.81. The molecule has 0 aliphatic carbocycles. The summed E-state index contributed by atoms with van der Waals surface area (Å²) in [6.45, 7) is 13.3. The molecule has 0 aromatic heterocycles. The molecule has 0 saturated carbocycles. The molecule has 0 bridgehead atoms. The van der Waals surface area contributed by atoms with Crippen LogP contribution in [0.4, 0.5) is 0 Å². The van der Waals surface area contributed by atoms with Crippen LogP contribution in [0.1, 0.15) is 40.5 Å². The van der Waals surface area contributed by atoms with E-state index in [1.54, 1.807) is 0 Å². The van der Waals surface area contributed by atoms with Crippen LogP contribution in [-0.2, 0) is 0 Å². The third-order valence-electron chi connectivity index (χ3n) is 5.11. The minimum Gasteiger partial charge on any atom is -0.311 e. The lowest BCUT2D eigenvalue weighted by Gasteiger charge is -2.45. The maximum absolute atomic E-state index is 3.81. The molecule has 19 heavy (non-hydrogen) atoms. The Hall–Kier alpha value is 0.270. The van der Waals surface area contributed by atoms with Gasteiger partial charge in [-0.15, -0.1) is 0 Å². The van der Waals surface area contributed by atoms with Crippen molar-refractivity contribution in [1.29, 1.82) is 0 Å². The average Bonchev–Trinajstić information content (AvgIpc) is 2.90. The fourth-order valence-electron chi connectivity index (χ4n) is 3.45. The largest absolute Gasteiger partial charge is 0.311 e. The van der Waals surface area contributed by atoms with Crippen molar-refractivity contribution in [2.45, 2.75) is 52.6 Å². The lowest BCUT2D eigenvalue weighted by atomic mass is 9.91. The lowest BCUT2D eigenvalue weighted by Crippen LogP contribution is -2.60. The van der Waals surface area contributed by atoms with Crippen LogP contribution in [0.5, 0.6) is 0 Å². The summed E-state index contributed by atoms with van der Waals surface area (Å²) in [5.41, 5.74) is 0. The Morgan fingerprint density at radius 1 is 1.32 bits per heavy atom. The molecule has 2 heterocycles. The van der Waals surface area contributed by atoms with Gasteiger partial charge in [0.05, 0.1) is 0 Å². The number of thioether (sulfide) groups is 1. The molecule has 112 valence electrons. The second kappa shape index (κ2) is 7.33. The molecule has 2 aliphatic heterocycles. The first-order valence-corrected chi connectivity index (χ1v) is 9.32. The number of nitrogens with zero attached hydrogens (tertiary/aromatic N) is 1. The Kier molecular flexibility index (Phi) is 6.04. The summed E-state index contributed by atoms with van der Waals surface area (Å²) in [4.78, 5) is 2.81. The van der Waals surface area contributed by atoms with Gasteiger partial charge in [-0.25, -0.2) is 0 Å². The Balaban J connectivity index is 1.95. The minimum absolute atomic E-state index is 0.703. The molecule has 2 fully saturated rings. The molecule has 0 amide bonds. The zero-order valence-corrected chi connectivity index (χ0v) is 14.0. The lowest BCUT2D eigenvalue weighted by molar-refractivity contribution is 0.0702. The molecule has 0 spiro atoms. The second-order valence-corrected chi connectivity index (χ2v) is 8.04. The molecule has 2 rings (SSSR count). The number of piperazine rings is 1. The third-order valence-corrected chi connectivity index (χ3v) is 6.34. The van der Waals surface area contributed by atoms with Crippen molar-refractivity contribution >= 4 is 11.8 Å². The van der Waals surface area contributed by atoms with E-state index in [0.29, 0.717) is 6.04 Å². The zero-order valence-electron chi connectivity index (χ0n) is 13.2. The smallest absolute Gasteiger partial charge is 0.0244 e. The SMILES string of the molecule is CCC(C)C1CN(CC2CCSC2)C(C(C)C)CN1. The summed E-state index contributed by atoms with van der Waals surface area (Å²) in [6, 6.07) is 1.44. The van der Waals surface area contributed by atoms with Gasteiger partial charge in [-0.1, -0.05) is 34.1 Å². The van der Waals surface area contributed by atoms with E-state index in [9.17, 15) is 0 Å². The highest BCUT2D eigenvalue weighted by Crippen LogP contribution is 2.27. The fourth-order valence-corrected chi connectivity index (χ4v) is 4.72.